The highest BCUT2D eigenvalue weighted by atomic mass is 35.5. The Bertz CT molecular complexity index is 911. The van der Waals surface area contributed by atoms with Crippen LogP contribution in [0.25, 0.3) is 11.5 Å². The van der Waals surface area contributed by atoms with Gasteiger partial charge in [-0.25, -0.2) is 8.78 Å². The Hall–Kier alpha value is -2.51. The number of carbonyl (C=O) groups is 1. The Kier molecular flexibility index (Phi) is 4.46. The number of carbonyl (C=O) groups excluding carboxylic acids is 1. The number of anilines is 1. The number of hydrogen-bond acceptors (Lipinski definition) is 4. The Morgan fingerprint density at radius 2 is 1.79 bits per heavy atom. The lowest BCUT2D eigenvalue weighted by Gasteiger charge is -2.03. The molecule has 122 valence electrons. The van der Waals surface area contributed by atoms with Gasteiger partial charge in [-0.05, 0) is 30.3 Å². The summed E-state index contributed by atoms with van der Waals surface area (Å²) in [4.78, 5) is 12.0. The van der Waals surface area contributed by atoms with Gasteiger partial charge in [0.05, 0.1) is 10.6 Å². The third-order valence-corrected chi connectivity index (χ3v) is 3.54. The molecule has 3 aromatic rings. The van der Waals surface area contributed by atoms with Crippen molar-refractivity contribution in [3.8, 4) is 11.5 Å². The van der Waals surface area contributed by atoms with E-state index in [1.54, 1.807) is 12.1 Å². The summed E-state index contributed by atoms with van der Waals surface area (Å²) in [5.41, 5.74) is -0.354. The lowest BCUT2D eigenvalue weighted by atomic mass is 10.2. The fraction of sp³-hybridized carbons (Fsp3) is 0. The summed E-state index contributed by atoms with van der Waals surface area (Å²) in [5, 5.41) is 10.1. The van der Waals surface area contributed by atoms with Gasteiger partial charge in [-0.1, -0.05) is 34.4 Å². The minimum Gasteiger partial charge on any atom is -0.403 e. The molecule has 2 aromatic carbocycles. The van der Waals surface area contributed by atoms with Crippen molar-refractivity contribution in [2.75, 3.05) is 5.32 Å². The van der Waals surface area contributed by atoms with Gasteiger partial charge in [0.2, 0.25) is 0 Å². The van der Waals surface area contributed by atoms with Gasteiger partial charge in [-0.15, -0.1) is 5.10 Å². The molecule has 9 heteroatoms. The van der Waals surface area contributed by atoms with Gasteiger partial charge in [0, 0.05) is 5.02 Å². The molecule has 0 aliphatic heterocycles. The molecule has 1 aromatic heterocycles. The van der Waals surface area contributed by atoms with Crippen LogP contribution in [0.1, 0.15) is 10.4 Å². The van der Waals surface area contributed by atoms with E-state index in [0.29, 0.717) is 10.6 Å². The molecule has 0 aliphatic rings. The van der Waals surface area contributed by atoms with Crippen LogP contribution >= 0.6 is 23.2 Å². The monoisotopic (exact) mass is 369 g/mol. The van der Waals surface area contributed by atoms with E-state index in [-0.39, 0.29) is 16.9 Å². The molecule has 1 heterocycles. The number of hydrogen-bond donors (Lipinski definition) is 1. The molecule has 0 bridgehead atoms. The standard InChI is InChI=1S/C15H7Cl2F2N3O2/c16-7-4-5-8(9(17)6-7)14-21-22-15(24-14)20-13(23)12-10(18)2-1-3-11(12)19/h1-6H,(H,20,22,23). The molecular weight excluding hydrogens is 363 g/mol. The first-order chi connectivity index (χ1) is 11.5. The average Bonchev–Trinajstić information content (AvgIpc) is 2.95. The molecule has 3 rings (SSSR count). The molecule has 1 N–H and O–H groups in total. The zero-order valence-corrected chi connectivity index (χ0v) is 13.2. The predicted octanol–water partition coefficient (Wildman–Crippen LogP) is 4.57. The molecule has 0 spiro atoms. The van der Waals surface area contributed by atoms with E-state index in [1.165, 1.54) is 6.07 Å². The second-order valence-corrected chi connectivity index (χ2v) is 5.43. The van der Waals surface area contributed by atoms with E-state index >= 15 is 0 Å². The first-order valence-corrected chi connectivity index (χ1v) is 7.25. The van der Waals surface area contributed by atoms with Crippen LogP contribution in [-0.4, -0.2) is 16.1 Å². The van der Waals surface area contributed by atoms with Crippen molar-refractivity contribution in [2.24, 2.45) is 0 Å². The van der Waals surface area contributed by atoms with Crippen molar-refractivity contribution in [3.05, 3.63) is 63.6 Å². The van der Waals surface area contributed by atoms with Crippen LogP contribution in [0.4, 0.5) is 14.8 Å². The number of nitrogens with zero attached hydrogens (tertiary/aromatic N) is 2. The Balaban J connectivity index is 1.85. The number of rotatable bonds is 3. The second-order valence-electron chi connectivity index (χ2n) is 4.59. The SMILES string of the molecule is O=C(Nc1nnc(-c2ccc(Cl)cc2Cl)o1)c1c(F)cccc1F. The minimum atomic E-state index is -1.05. The maximum absolute atomic E-state index is 13.6. The molecule has 0 atom stereocenters. The largest absolute Gasteiger partial charge is 0.403 e. The molecule has 0 radical (unpaired) electrons. The third-order valence-electron chi connectivity index (χ3n) is 3.00. The van der Waals surface area contributed by atoms with Crippen LogP contribution in [-0.2, 0) is 0 Å². The van der Waals surface area contributed by atoms with Gasteiger partial charge in [0.1, 0.15) is 17.2 Å². The van der Waals surface area contributed by atoms with Crippen molar-refractivity contribution >= 4 is 35.1 Å². The van der Waals surface area contributed by atoms with E-state index in [4.69, 9.17) is 27.6 Å². The Morgan fingerprint density at radius 1 is 1.08 bits per heavy atom. The highest BCUT2D eigenvalue weighted by molar-refractivity contribution is 6.36. The molecule has 0 unspecified atom stereocenters. The quantitative estimate of drug-likeness (QED) is 0.733. The Labute approximate surface area is 144 Å². The highest BCUT2D eigenvalue weighted by Crippen LogP contribution is 2.30. The number of nitrogens with one attached hydrogen (secondary N) is 1. The van der Waals surface area contributed by atoms with Crippen molar-refractivity contribution in [1.29, 1.82) is 0 Å². The number of aromatic nitrogens is 2. The van der Waals surface area contributed by atoms with Crippen LogP contribution in [0.5, 0.6) is 0 Å². The maximum atomic E-state index is 13.6. The van der Waals surface area contributed by atoms with Crippen LogP contribution in [0.2, 0.25) is 10.0 Å². The average molecular weight is 370 g/mol. The molecular formula is C15H7Cl2F2N3O2. The van der Waals surface area contributed by atoms with Crippen LogP contribution in [0.15, 0.2) is 40.8 Å². The summed E-state index contributed by atoms with van der Waals surface area (Å²) in [6.45, 7) is 0. The molecule has 5 nitrogen and oxygen atoms in total. The number of benzene rings is 2. The van der Waals surface area contributed by atoms with Gasteiger partial charge >= 0.3 is 6.01 Å². The fourth-order valence-electron chi connectivity index (χ4n) is 1.92. The Morgan fingerprint density at radius 3 is 2.46 bits per heavy atom. The third kappa shape index (κ3) is 3.22. The van der Waals surface area contributed by atoms with E-state index < -0.39 is 23.1 Å². The highest BCUT2D eigenvalue weighted by Gasteiger charge is 2.20. The molecule has 0 saturated carbocycles. The zero-order chi connectivity index (χ0) is 17.3. The number of amides is 1. The lowest BCUT2D eigenvalue weighted by molar-refractivity contribution is 0.101. The van der Waals surface area contributed by atoms with E-state index in [9.17, 15) is 13.6 Å². The minimum absolute atomic E-state index is 0.0148. The molecule has 24 heavy (non-hydrogen) atoms. The maximum Gasteiger partial charge on any atom is 0.322 e. The summed E-state index contributed by atoms with van der Waals surface area (Å²) in [7, 11) is 0. The van der Waals surface area contributed by atoms with Crippen molar-refractivity contribution in [2.45, 2.75) is 0 Å². The summed E-state index contributed by atoms with van der Waals surface area (Å²) < 4.78 is 32.4. The van der Waals surface area contributed by atoms with E-state index in [2.05, 4.69) is 15.5 Å². The van der Waals surface area contributed by atoms with Gasteiger partial charge in [-0.3, -0.25) is 10.1 Å². The van der Waals surface area contributed by atoms with E-state index in [1.807, 2.05) is 0 Å². The van der Waals surface area contributed by atoms with Gasteiger partial charge < -0.3 is 4.42 Å². The van der Waals surface area contributed by atoms with Crippen LogP contribution < -0.4 is 5.32 Å². The summed E-state index contributed by atoms with van der Waals surface area (Å²) in [6, 6.07) is 7.35. The fourth-order valence-corrected chi connectivity index (χ4v) is 2.41. The van der Waals surface area contributed by atoms with Gasteiger partial charge in [0.15, 0.2) is 0 Å². The van der Waals surface area contributed by atoms with Crippen LogP contribution in [0.3, 0.4) is 0 Å². The van der Waals surface area contributed by atoms with E-state index in [0.717, 1.165) is 18.2 Å². The first kappa shape index (κ1) is 16.4. The topological polar surface area (TPSA) is 68.0 Å². The summed E-state index contributed by atoms with van der Waals surface area (Å²) in [6.07, 6.45) is 0. The lowest BCUT2D eigenvalue weighted by Crippen LogP contribution is -2.16. The van der Waals surface area contributed by atoms with Crippen LogP contribution in [0, 0.1) is 11.6 Å². The molecule has 0 saturated heterocycles. The van der Waals surface area contributed by atoms with Gasteiger partial charge in [0.25, 0.3) is 11.8 Å². The van der Waals surface area contributed by atoms with Crippen molar-refractivity contribution < 1.29 is 18.0 Å². The molecule has 0 aliphatic carbocycles. The van der Waals surface area contributed by atoms with Crippen molar-refractivity contribution in [1.82, 2.24) is 10.2 Å². The first-order valence-electron chi connectivity index (χ1n) is 6.50. The second kappa shape index (κ2) is 6.54. The summed E-state index contributed by atoms with van der Waals surface area (Å²) in [5.74, 6) is -3.05. The molecule has 0 fully saturated rings. The smallest absolute Gasteiger partial charge is 0.322 e. The predicted molar refractivity (Wildman–Crippen MR) is 84.1 cm³/mol. The van der Waals surface area contributed by atoms with Crippen molar-refractivity contribution in [3.63, 3.8) is 0 Å². The van der Waals surface area contributed by atoms with Gasteiger partial charge in [-0.2, -0.15) is 0 Å². The summed E-state index contributed by atoms with van der Waals surface area (Å²) >= 11 is 11.8. The number of halogens is 4. The molecule has 1 amide bonds. The zero-order valence-electron chi connectivity index (χ0n) is 11.7. The normalized spacial score (nSPS) is 10.7.